The van der Waals surface area contributed by atoms with Gasteiger partial charge in [-0.25, -0.2) is 0 Å². The first-order valence-corrected chi connectivity index (χ1v) is 9.55. The lowest BCUT2D eigenvalue weighted by molar-refractivity contribution is -0.124. The molecular weight excluding hydrogens is 378 g/mol. The van der Waals surface area contributed by atoms with Crippen molar-refractivity contribution in [2.75, 3.05) is 32.3 Å². The standard InChI is InChI=1S/C22H26ClNO4/c1-22(2,3)13-24-17-10-9-14(23)11-16(17)20(28-12-19(24)25)15-7-6-8-18(26-4)21(15)27-5/h6-11,20H,12-13H2,1-5H3. The Balaban J connectivity index is 2.18. The average Bonchev–Trinajstić information content (AvgIpc) is 2.77. The van der Waals surface area contributed by atoms with Crippen molar-refractivity contribution in [3.63, 3.8) is 0 Å². The van der Waals surface area contributed by atoms with Gasteiger partial charge in [-0.2, -0.15) is 0 Å². The number of anilines is 1. The van der Waals surface area contributed by atoms with E-state index in [9.17, 15) is 4.79 Å². The summed E-state index contributed by atoms with van der Waals surface area (Å²) in [6.07, 6.45) is -0.507. The summed E-state index contributed by atoms with van der Waals surface area (Å²) in [7, 11) is 3.18. The van der Waals surface area contributed by atoms with Crippen LogP contribution in [0.3, 0.4) is 0 Å². The highest BCUT2D eigenvalue weighted by Gasteiger charge is 2.33. The summed E-state index contributed by atoms with van der Waals surface area (Å²) in [5, 5.41) is 0.583. The van der Waals surface area contributed by atoms with E-state index in [2.05, 4.69) is 20.8 Å². The van der Waals surface area contributed by atoms with Gasteiger partial charge in [-0.1, -0.05) is 44.5 Å². The number of halogens is 1. The van der Waals surface area contributed by atoms with Crippen molar-refractivity contribution in [3.8, 4) is 11.5 Å². The number of nitrogens with zero attached hydrogens (tertiary/aromatic N) is 1. The normalized spacial score (nSPS) is 17.1. The first-order chi connectivity index (χ1) is 13.2. The van der Waals surface area contributed by atoms with E-state index in [1.165, 1.54) is 0 Å². The zero-order valence-corrected chi connectivity index (χ0v) is 17.7. The number of rotatable bonds is 4. The average molecular weight is 404 g/mol. The van der Waals surface area contributed by atoms with Crippen molar-refractivity contribution in [1.29, 1.82) is 0 Å². The molecule has 1 amide bonds. The van der Waals surface area contributed by atoms with Gasteiger partial charge < -0.3 is 19.1 Å². The quantitative estimate of drug-likeness (QED) is 0.731. The van der Waals surface area contributed by atoms with Gasteiger partial charge in [0.15, 0.2) is 11.5 Å². The first kappa shape index (κ1) is 20.5. The van der Waals surface area contributed by atoms with E-state index >= 15 is 0 Å². The summed E-state index contributed by atoms with van der Waals surface area (Å²) in [6.45, 7) is 6.85. The number of carbonyl (C=O) groups excluding carboxylic acids is 1. The maximum atomic E-state index is 12.9. The van der Waals surface area contributed by atoms with Crippen LogP contribution in [0.5, 0.6) is 11.5 Å². The number of benzene rings is 2. The van der Waals surface area contributed by atoms with Crippen LogP contribution in [0.4, 0.5) is 5.69 Å². The number of ether oxygens (including phenoxy) is 3. The van der Waals surface area contributed by atoms with Gasteiger partial charge in [-0.05, 0) is 29.7 Å². The molecule has 0 spiro atoms. The van der Waals surface area contributed by atoms with Gasteiger partial charge in [-0.3, -0.25) is 4.79 Å². The summed E-state index contributed by atoms with van der Waals surface area (Å²) in [5.41, 5.74) is 2.35. The molecule has 0 radical (unpaired) electrons. The molecule has 2 aromatic rings. The van der Waals surface area contributed by atoms with Gasteiger partial charge in [-0.15, -0.1) is 0 Å². The highest BCUT2D eigenvalue weighted by molar-refractivity contribution is 6.30. The second-order valence-electron chi connectivity index (χ2n) is 8.02. The van der Waals surface area contributed by atoms with Crippen LogP contribution in [-0.2, 0) is 9.53 Å². The molecular formula is C22H26ClNO4. The minimum absolute atomic E-state index is 0.0343. The zero-order chi connectivity index (χ0) is 20.5. The van der Waals surface area contributed by atoms with Crippen LogP contribution in [0.2, 0.25) is 5.02 Å². The van der Waals surface area contributed by atoms with Gasteiger partial charge in [0.05, 0.1) is 14.2 Å². The Morgan fingerprint density at radius 3 is 2.54 bits per heavy atom. The lowest BCUT2D eigenvalue weighted by Crippen LogP contribution is -2.39. The molecule has 0 saturated carbocycles. The molecule has 1 unspecified atom stereocenters. The molecule has 1 aliphatic heterocycles. The van der Waals surface area contributed by atoms with Crippen LogP contribution in [0.25, 0.3) is 0 Å². The maximum absolute atomic E-state index is 12.9. The number of carbonyl (C=O) groups is 1. The van der Waals surface area contributed by atoms with E-state index in [0.29, 0.717) is 23.1 Å². The summed E-state index contributed by atoms with van der Waals surface area (Å²) in [6, 6.07) is 11.2. The summed E-state index contributed by atoms with van der Waals surface area (Å²) in [4.78, 5) is 14.7. The number of amides is 1. The fraction of sp³-hybridized carbons (Fsp3) is 0.409. The highest BCUT2D eigenvalue weighted by atomic mass is 35.5. The summed E-state index contributed by atoms with van der Waals surface area (Å²) in [5.74, 6) is 1.11. The van der Waals surface area contributed by atoms with Crippen molar-refractivity contribution in [3.05, 3.63) is 52.5 Å². The molecule has 150 valence electrons. The minimum Gasteiger partial charge on any atom is -0.493 e. The van der Waals surface area contributed by atoms with Gasteiger partial charge in [0.1, 0.15) is 12.7 Å². The third-order valence-electron chi connectivity index (χ3n) is 4.59. The number of methoxy groups -OCH3 is 2. The lowest BCUT2D eigenvalue weighted by Gasteiger charge is -2.30. The molecule has 2 aromatic carbocycles. The van der Waals surface area contributed by atoms with Crippen LogP contribution >= 0.6 is 11.6 Å². The molecule has 5 nitrogen and oxygen atoms in total. The Bertz CT molecular complexity index is 875. The van der Waals surface area contributed by atoms with E-state index in [4.69, 9.17) is 25.8 Å². The second-order valence-corrected chi connectivity index (χ2v) is 8.45. The second kappa shape index (κ2) is 8.02. The Labute approximate surface area is 171 Å². The van der Waals surface area contributed by atoms with Crippen molar-refractivity contribution in [1.82, 2.24) is 0 Å². The van der Waals surface area contributed by atoms with E-state index < -0.39 is 6.10 Å². The number of hydrogen-bond acceptors (Lipinski definition) is 4. The molecule has 0 aromatic heterocycles. The molecule has 0 bridgehead atoms. The molecule has 6 heteroatoms. The third-order valence-corrected chi connectivity index (χ3v) is 4.82. The topological polar surface area (TPSA) is 48.0 Å². The SMILES string of the molecule is COc1cccc(C2OCC(=O)N(CC(C)(C)C)c3ccc(Cl)cc32)c1OC. The van der Waals surface area contributed by atoms with Crippen LogP contribution < -0.4 is 14.4 Å². The molecule has 1 aliphatic rings. The zero-order valence-electron chi connectivity index (χ0n) is 16.9. The first-order valence-electron chi connectivity index (χ1n) is 9.17. The Kier molecular flexibility index (Phi) is 5.87. The van der Waals surface area contributed by atoms with Crippen LogP contribution in [-0.4, -0.2) is 33.3 Å². The molecule has 1 atom stereocenters. The van der Waals surface area contributed by atoms with Crippen molar-refractivity contribution in [2.24, 2.45) is 5.41 Å². The smallest absolute Gasteiger partial charge is 0.253 e. The largest absolute Gasteiger partial charge is 0.493 e. The van der Waals surface area contributed by atoms with Crippen molar-refractivity contribution >= 4 is 23.2 Å². The van der Waals surface area contributed by atoms with Crippen molar-refractivity contribution < 1.29 is 19.0 Å². The van der Waals surface area contributed by atoms with Crippen LogP contribution in [0.1, 0.15) is 38.0 Å². The summed E-state index contributed by atoms with van der Waals surface area (Å²) < 4.78 is 17.1. The minimum atomic E-state index is -0.507. The number of hydrogen-bond donors (Lipinski definition) is 0. The van der Waals surface area contributed by atoms with Crippen LogP contribution in [0, 0.1) is 5.41 Å². The highest BCUT2D eigenvalue weighted by Crippen LogP contribution is 2.44. The van der Waals surface area contributed by atoms with E-state index in [-0.39, 0.29) is 17.9 Å². The van der Waals surface area contributed by atoms with E-state index in [1.54, 1.807) is 25.2 Å². The predicted octanol–water partition coefficient (Wildman–Crippen LogP) is 4.86. The van der Waals surface area contributed by atoms with Gasteiger partial charge >= 0.3 is 0 Å². The lowest BCUT2D eigenvalue weighted by atomic mass is 9.94. The predicted molar refractivity (Wildman–Crippen MR) is 111 cm³/mol. The van der Waals surface area contributed by atoms with E-state index in [1.807, 2.05) is 30.3 Å². The Morgan fingerprint density at radius 2 is 1.89 bits per heavy atom. The fourth-order valence-corrected chi connectivity index (χ4v) is 3.64. The third kappa shape index (κ3) is 4.10. The van der Waals surface area contributed by atoms with Crippen LogP contribution in [0.15, 0.2) is 36.4 Å². The van der Waals surface area contributed by atoms with Gasteiger partial charge in [0.2, 0.25) is 0 Å². The number of fused-ring (bicyclic) bond motifs is 1. The molecule has 28 heavy (non-hydrogen) atoms. The fourth-order valence-electron chi connectivity index (χ4n) is 3.46. The molecule has 0 fully saturated rings. The molecule has 0 N–H and O–H groups in total. The molecule has 0 aliphatic carbocycles. The Morgan fingerprint density at radius 1 is 1.14 bits per heavy atom. The summed E-state index contributed by atoms with van der Waals surface area (Å²) >= 11 is 6.32. The van der Waals surface area contributed by atoms with Gasteiger partial charge in [0.25, 0.3) is 5.91 Å². The monoisotopic (exact) mass is 403 g/mol. The van der Waals surface area contributed by atoms with E-state index in [0.717, 1.165) is 16.8 Å². The number of para-hydroxylation sites is 1. The van der Waals surface area contributed by atoms with Gasteiger partial charge in [0, 0.05) is 28.4 Å². The molecule has 3 rings (SSSR count). The molecule has 1 heterocycles. The van der Waals surface area contributed by atoms with Crippen molar-refractivity contribution in [2.45, 2.75) is 26.9 Å². The molecule has 0 saturated heterocycles. The maximum Gasteiger partial charge on any atom is 0.253 e. The Hall–Kier alpha value is -2.24.